The van der Waals surface area contributed by atoms with Crippen LogP contribution in [0.2, 0.25) is 0 Å². The molecule has 0 unspecified atom stereocenters. The fourth-order valence-electron chi connectivity index (χ4n) is 2.89. The number of guanidine groups is 1. The SMILES string of the molecule is NC(=NCc1cc2ccccc2[nH]1)NC1CCCCC1. The van der Waals surface area contributed by atoms with Gasteiger partial charge in [-0.3, -0.25) is 0 Å². The molecule has 1 saturated carbocycles. The van der Waals surface area contributed by atoms with Gasteiger partial charge in [0, 0.05) is 17.3 Å². The van der Waals surface area contributed by atoms with Crippen molar-refractivity contribution in [1.82, 2.24) is 10.3 Å². The van der Waals surface area contributed by atoms with Crippen LogP contribution in [0, 0.1) is 0 Å². The van der Waals surface area contributed by atoms with E-state index in [1.54, 1.807) is 0 Å². The number of hydrogen-bond acceptors (Lipinski definition) is 1. The minimum absolute atomic E-state index is 0.509. The van der Waals surface area contributed by atoms with Crippen molar-refractivity contribution in [2.75, 3.05) is 0 Å². The number of fused-ring (bicyclic) bond motifs is 1. The standard InChI is InChI=1S/C16H22N4/c17-16(20-13-7-2-1-3-8-13)18-11-14-10-12-6-4-5-9-15(12)19-14/h4-6,9-10,13,19H,1-3,7-8,11H2,(H3,17,18,20). The molecule has 20 heavy (non-hydrogen) atoms. The first-order chi connectivity index (χ1) is 9.81. The molecule has 0 aliphatic heterocycles. The van der Waals surface area contributed by atoms with Gasteiger partial charge in [0.2, 0.25) is 0 Å². The van der Waals surface area contributed by atoms with Gasteiger partial charge in [-0.15, -0.1) is 0 Å². The lowest BCUT2D eigenvalue weighted by Gasteiger charge is -2.23. The smallest absolute Gasteiger partial charge is 0.189 e. The van der Waals surface area contributed by atoms with Crippen molar-refractivity contribution in [3.05, 3.63) is 36.0 Å². The van der Waals surface area contributed by atoms with Gasteiger partial charge in [-0.05, 0) is 30.4 Å². The summed E-state index contributed by atoms with van der Waals surface area (Å²) in [6.07, 6.45) is 6.37. The van der Waals surface area contributed by atoms with Gasteiger partial charge in [0.05, 0.1) is 6.54 Å². The highest BCUT2D eigenvalue weighted by molar-refractivity contribution is 5.81. The summed E-state index contributed by atoms with van der Waals surface area (Å²) in [7, 11) is 0. The zero-order chi connectivity index (χ0) is 13.8. The topological polar surface area (TPSA) is 66.2 Å². The first-order valence-electron chi connectivity index (χ1n) is 7.44. The third kappa shape index (κ3) is 3.13. The fourth-order valence-corrected chi connectivity index (χ4v) is 2.89. The number of H-pyrrole nitrogens is 1. The maximum absolute atomic E-state index is 5.97. The quantitative estimate of drug-likeness (QED) is 0.593. The summed E-state index contributed by atoms with van der Waals surface area (Å²) in [6.45, 7) is 0.597. The fraction of sp³-hybridized carbons (Fsp3) is 0.438. The molecule has 0 amide bonds. The van der Waals surface area contributed by atoms with Crippen molar-refractivity contribution < 1.29 is 0 Å². The third-order valence-electron chi connectivity index (χ3n) is 3.96. The number of para-hydroxylation sites is 1. The molecule has 1 aromatic heterocycles. The molecule has 1 aromatic carbocycles. The van der Waals surface area contributed by atoms with Crippen LogP contribution < -0.4 is 11.1 Å². The lowest BCUT2D eigenvalue weighted by molar-refractivity contribution is 0.412. The molecule has 1 fully saturated rings. The highest BCUT2D eigenvalue weighted by Gasteiger charge is 2.13. The molecule has 0 bridgehead atoms. The Morgan fingerprint density at radius 1 is 1.25 bits per heavy atom. The van der Waals surface area contributed by atoms with Crippen LogP contribution in [0.4, 0.5) is 0 Å². The molecule has 2 aromatic rings. The molecule has 4 heteroatoms. The van der Waals surface area contributed by atoms with Crippen molar-refractivity contribution >= 4 is 16.9 Å². The zero-order valence-electron chi connectivity index (χ0n) is 11.7. The monoisotopic (exact) mass is 270 g/mol. The molecule has 3 rings (SSSR count). The molecule has 4 N–H and O–H groups in total. The Labute approximate surface area is 119 Å². The average Bonchev–Trinajstić information content (AvgIpc) is 2.89. The molecule has 1 aliphatic carbocycles. The molecule has 0 saturated heterocycles. The number of aliphatic imine (C=N–C) groups is 1. The number of aromatic nitrogens is 1. The van der Waals surface area contributed by atoms with Crippen LogP contribution in [0.25, 0.3) is 10.9 Å². The molecule has 1 aliphatic rings. The van der Waals surface area contributed by atoms with Crippen molar-refractivity contribution in [1.29, 1.82) is 0 Å². The van der Waals surface area contributed by atoms with Crippen molar-refractivity contribution in [2.24, 2.45) is 10.7 Å². The second kappa shape index (κ2) is 5.99. The van der Waals surface area contributed by atoms with E-state index in [0.717, 1.165) is 11.2 Å². The van der Waals surface area contributed by atoms with E-state index in [0.29, 0.717) is 18.5 Å². The molecular formula is C16H22N4. The highest BCUT2D eigenvalue weighted by Crippen LogP contribution is 2.17. The highest BCUT2D eigenvalue weighted by atomic mass is 15.1. The number of nitrogens with one attached hydrogen (secondary N) is 2. The van der Waals surface area contributed by atoms with Gasteiger partial charge >= 0.3 is 0 Å². The zero-order valence-corrected chi connectivity index (χ0v) is 11.7. The Kier molecular flexibility index (Phi) is 3.90. The Morgan fingerprint density at radius 2 is 2.05 bits per heavy atom. The Morgan fingerprint density at radius 3 is 2.85 bits per heavy atom. The normalized spacial score (nSPS) is 17.5. The largest absolute Gasteiger partial charge is 0.370 e. The van der Waals surface area contributed by atoms with Crippen molar-refractivity contribution in [3.63, 3.8) is 0 Å². The number of rotatable bonds is 3. The lowest BCUT2D eigenvalue weighted by Crippen LogP contribution is -2.41. The van der Waals surface area contributed by atoms with E-state index in [1.807, 2.05) is 12.1 Å². The van der Waals surface area contributed by atoms with Crippen LogP contribution >= 0.6 is 0 Å². The Bertz CT molecular complexity index is 560. The lowest BCUT2D eigenvalue weighted by atomic mass is 9.96. The molecular weight excluding hydrogens is 248 g/mol. The van der Waals surface area contributed by atoms with E-state index >= 15 is 0 Å². The maximum atomic E-state index is 5.97. The third-order valence-corrected chi connectivity index (χ3v) is 3.96. The predicted molar refractivity (Wildman–Crippen MR) is 83.6 cm³/mol. The van der Waals surface area contributed by atoms with Crippen LogP contribution in [0.3, 0.4) is 0 Å². The summed E-state index contributed by atoms with van der Waals surface area (Å²) in [4.78, 5) is 7.80. The van der Waals surface area contributed by atoms with Gasteiger partial charge in [0.1, 0.15) is 0 Å². The molecule has 0 atom stereocenters. The average molecular weight is 270 g/mol. The number of benzene rings is 1. The maximum Gasteiger partial charge on any atom is 0.189 e. The van der Waals surface area contributed by atoms with Gasteiger partial charge in [0.25, 0.3) is 0 Å². The van der Waals surface area contributed by atoms with Crippen LogP contribution in [-0.4, -0.2) is 17.0 Å². The van der Waals surface area contributed by atoms with E-state index < -0.39 is 0 Å². The van der Waals surface area contributed by atoms with Crippen molar-refractivity contribution in [3.8, 4) is 0 Å². The number of nitrogens with zero attached hydrogens (tertiary/aromatic N) is 1. The first-order valence-corrected chi connectivity index (χ1v) is 7.44. The molecule has 1 heterocycles. The van der Waals surface area contributed by atoms with E-state index in [-0.39, 0.29) is 0 Å². The summed E-state index contributed by atoms with van der Waals surface area (Å²) < 4.78 is 0. The van der Waals surface area contributed by atoms with Gasteiger partial charge in [-0.25, -0.2) is 4.99 Å². The Hall–Kier alpha value is -1.97. The Balaban J connectivity index is 1.60. The summed E-state index contributed by atoms with van der Waals surface area (Å²) in [5.74, 6) is 0.565. The van der Waals surface area contributed by atoms with E-state index in [9.17, 15) is 0 Å². The predicted octanol–water partition coefficient (Wildman–Crippen LogP) is 2.90. The van der Waals surface area contributed by atoms with Gasteiger partial charge in [-0.2, -0.15) is 0 Å². The second-order valence-corrected chi connectivity index (χ2v) is 5.56. The summed E-state index contributed by atoms with van der Waals surface area (Å²) >= 11 is 0. The summed E-state index contributed by atoms with van der Waals surface area (Å²) in [6, 6.07) is 10.9. The van der Waals surface area contributed by atoms with Gasteiger partial charge in [-0.1, -0.05) is 37.5 Å². The minimum atomic E-state index is 0.509. The number of hydrogen-bond donors (Lipinski definition) is 3. The van der Waals surface area contributed by atoms with E-state index in [2.05, 4.69) is 33.5 Å². The molecule has 106 valence electrons. The molecule has 4 nitrogen and oxygen atoms in total. The van der Waals surface area contributed by atoms with Crippen molar-refractivity contribution in [2.45, 2.75) is 44.7 Å². The summed E-state index contributed by atoms with van der Waals surface area (Å²) in [5.41, 5.74) is 8.22. The van der Waals surface area contributed by atoms with Crippen LogP contribution in [0.15, 0.2) is 35.3 Å². The van der Waals surface area contributed by atoms with Crippen LogP contribution in [0.5, 0.6) is 0 Å². The number of nitrogens with two attached hydrogens (primary N) is 1. The second-order valence-electron chi connectivity index (χ2n) is 5.56. The van der Waals surface area contributed by atoms with Gasteiger partial charge < -0.3 is 16.0 Å². The first kappa shape index (κ1) is 13.0. The van der Waals surface area contributed by atoms with E-state index in [1.165, 1.54) is 37.5 Å². The molecule has 0 radical (unpaired) electrons. The molecule has 0 spiro atoms. The minimum Gasteiger partial charge on any atom is -0.370 e. The summed E-state index contributed by atoms with van der Waals surface area (Å²) in [5, 5.41) is 4.56. The number of aromatic amines is 1. The van der Waals surface area contributed by atoms with Crippen LogP contribution in [-0.2, 0) is 6.54 Å². The van der Waals surface area contributed by atoms with E-state index in [4.69, 9.17) is 5.73 Å². The van der Waals surface area contributed by atoms with Gasteiger partial charge in [0.15, 0.2) is 5.96 Å². The van der Waals surface area contributed by atoms with Crippen LogP contribution in [0.1, 0.15) is 37.8 Å².